The molecule has 0 aromatic heterocycles. The standard InChI is InChI=1S/C14H32N2OSi.C4H10O2/c1-6-17-18-9-7-8-15-12-10-13(2,3)16-14(4,5)11-12;1-3-5-6-4-2/h12,15-16H,6-11,18H2,1-5H3;3-4H2,1-2H3. The van der Waals surface area contributed by atoms with Crippen LogP contribution in [0.2, 0.25) is 6.04 Å². The van der Waals surface area contributed by atoms with Crippen LogP contribution in [0.25, 0.3) is 0 Å². The van der Waals surface area contributed by atoms with Gasteiger partial charge in [0.25, 0.3) is 0 Å². The van der Waals surface area contributed by atoms with Gasteiger partial charge in [0.1, 0.15) is 0 Å². The summed E-state index contributed by atoms with van der Waals surface area (Å²) in [6.07, 6.45) is 3.72. The number of piperidine rings is 1. The lowest BCUT2D eigenvalue weighted by atomic mass is 9.79. The molecule has 1 rings (SSSR count). The van der Waals surface area contributed by atoms with E-state index < -0.39 is 0 Å². The molecule has 5 nitrogen and oxygen atoms in total. The second-order valence-electron chi connectivity index (χ2n) is 7.67. The highest BCUT2D eigenvalue weighted by Gasteiger charge is 2.37. The van der Waals surface area contributed by atoms with Crippen LogP contribution in [0.15, 0.2) is 0 Å². The molecule has 0 aromatic rings. The van der Waals surface area contributed by atoms with Gasteiger partial charge < -0.3 is 15.1 Å². The number of hydrogen-bond donors (Lipinski definition) is 2. The summed E-state index contributed by atoms with van der Waals surface area (Å²) in [5.74, 6) is 0. The third-order valence-corrected chi connectivity index (χ3v) is 5.35. The molecule has 0 unspecified atom stereocenters. The summed E-state index contributed by atoms with van der Waals surface area (Å²) in [7, 11) is -0.234. The molecular weight excluding hydrogens is 320 g/mol. The van der Waals surface area contributed by atoms with Gasteiger partial charge in [-0.25, -0.2) is 9.78 Å². The van der Waals surface area contributed by atoms with Gasteiger partial charge in [0.15, 0.2) is 9.76 Å². The van der Waals surface area contributed by atoms with E-state index in [1.807, 2.05) is 13.8 Å². The van der Waals surface area contributed by atoms with E-state index in [1.54, 1.807) is 0 Å². The Bertz CT molecular complexity index is 282. The maximum absolute atomic E-state index is 5.49. The van der Waals surface area contributed by atoms with E-state index in [0.29, 0.717) is 19.3 Å². The zero-order valence-corrected chi connectivity index (χ0v) is 18.6. The fraction of sp³-hybridized carbons (Fsp3) is 1.00. The minimum Gasteiger partial charge on any atom is -0.424 e. The Labute approximate surface area is 152 Å². The summed E-state index contributed by atoms with van der Waals surface area (Å²) < 4.78 is 5.49. The van der Waals surface area contributed by atoms with Crippen molar-refractivity contribution in [3.63, 3.8) is 0 Å². The fourth-order valence-electron chi connectivity index (χ4n) is 3.41. The summed E-state index contributed by atoms with van der Waals surface area (Å²) in [6, 6.07) is 1.96. The second kappa shape index (κ2) is 13.3. The van der Waals surface area contributed by atoms with Crippen LogP contribution in [-0.4, -0.2) is 53.2 Å². The van der Waals surface area contributed by atoms with E-state index in [1.165, 1.54) is 25.3 Å². The minimum absolute atomic E-state index is 0.234. The third kappa shape index (κ3) is 13.3. The first-order chi connectivity index (χ1) is 11.3. The second-order valence-corrected chi connectivity index (χ2v) is 9.19. The largest absolute Gasteiger partial charge is 0.424 e. The van der Waals surface area contributed by atoms with Gasteiger partial charge in [-0.3, -0.25) is 0 Å². The van der Waals surface area contributed by atoms with Crippen LogP contribution in [0.5, 0.6) is 0 Å². The van der Waals surface area contributed by atoms with Gasteiger partial charge in [-0.1, -0.05) is 0 Å². The van der Waals surface area contributed by atoms with Gasteiger partial charge in [-0.15, -0.1) is 0 Å². The van der Waals surface area contributed by atoms with Gasteiger partial charge >= 0.3 is 0 Å². The van der Waals surface area contributed by atoms with Gasteiger partial charge in [0.2, 0.25) is 0 Å². The average Bonchev–Trinajstić information content (AvgIpc) is 2.46. The topological polar surface area (TPSA) is 51.8 Å². The molecule has 1 heterocycles. The molecule has 146 valence electrons. The lowest BCUT2D eigenvalue weighted by Crippen LogP contribution is -2.61. The Hall–Kier alpha value is 0.0169. The van der Waals surface area contributed by atoms with Crippen molar-refractivity contribution in [1.29, 1.82) is 0 Å². The third-order valence-electron chi connectivity index (χ3n) is 3.86. The van der Waals surface area contributed by atoms with Crippen molar-refractivity contribution in [2.24, 2.45) is 0 Å². The van der Waals surface area contributed by atoms with Crippen LogP contribution in [0.1, 0.15) is 67.7 Å². The van der Waals surface area contributed by atoms with Crippen molar-refractivity contribution < 1.29 is 14.2 Å². The molecule has 0 aliphatic carbocycles. The molecular formula is C18H42N2O3Si. The highest BCUT2D eigenvalue weighted by molar-refractivity contribution is 6.26. The molecule has 24 heavy (non-hydrogen) atoms. The molecule has 0 atom stereocenters. The van der Waals surface area contributed by atoms with E-state index >= 15 is 0 Å². The van der Waals surface area contributed by atoms with E-state index in [9.17, 15) is 0 Å². The van der Waals surface area contributed by atoms with Gasteiger partial charge in [0.05, 0.1) is 13.2 Å². The highest BCUT2D eigenvalue weighted by Crippen LogP contribution is 2.28. The summed E-state index contributed by atoms with van der Waals surface area (Å²) in [5.41, 5.74) is 0.499. The van der Waals surface area contributed by atoms with Gasteiger partial charge in [-0.2, -0.15) is 0 Å². The van der Waals surface area contributed by atoms with E-state index in [4.69, 9.17) is 4.43 Å². The van der Waals surface area contributed by atoms with Crippen molar-refractivity contribution >= 4 is 9.76 Å². The number of nitrogens with one attached hydrogen (secondary N) is 2. The van der Waals surface area contributed by atoms with E-state index in [2.05, 4.69) is 55.0 Å². The molecule has 1 fully saturated rings. The van der Waals surface area contributed by atoms with Crippen LogP contribution in [0.4, 0.5) is 0 Å². The molecule has 0 saturated carbocycles. The van der Waals surface area contributed by atoms with Crippen molar-refractivity contribution in [3.8, 4) is 0 Å². The molecule has 0 spiro atoms. The van der Waals surface area contributed by atoms with Crippen LogP contribution in [0.3, 0.4) is 0 Å². The van der Waals surface area contributed by atoms with Crippen LogP contribution < -0.4 is 10.6 Å². The maximum atomic E-state index is 5.49. The van der Waals surface area contributed by atoms with E-state index in [-0.39, 0.29) is 20.8 Å². The molecule has 6 heteroatoms. The zero-order chi connectivity index (χ0) is 18.5. The molecule has 1 saturated heterocycles. The Morgan fingerprint density at radius 2 is 1.50 bits per heavy atom. The average molecular weight is 363 g/mol. The van der Waals surface area contributed by atoms with Crippen molar-refractivity contribution in [2.45, 2.75) is 90.9 Å². The Morgan fingerprint density at radius 3 is 1.96 bits per heavy atom. The Kier molecular flexibility index (Phi) is 13.3. The molecule has 0 radical (unpaired) electrons. The van der Waals surface area contributed by atoms with Gasteiger partial charge in [-0.05, 0) is 80.3 Å². The molecule has 0 aromatic carbocycles. The molecule has 0 amide bonds. The van der Waals surface area contributed by atoms with Crippen molar-refractivity contribution in [3.05, 3.63) is 0 Å². The first kappa shape index (κ1) is 24.0. The monoisotopic (exact) mass is 362 g/mol. The van der Waals surface area contributed by atoms with Crippen LogP contribution >= 0.6 is 0 Å². The Morgan fingerprint density at radius 1 is 0.958 bits per heavy atom. The molecule has 2 N–H and O–H groups in total. The minimum atomic E-state index is -0.234. The van der Waals surface area contributed by atoms with Gasteiger partial charge in [0, 0.05) is 23.7 Å². The predicted molar refractivity (Wildman–Crippen MR) is 105 cm³/mol. The summed E-state index contributed by atoms with van der Waals surface area (Å²) in [4.78, 5) is 8.97. The van der Waals surface area contributed by atoms with Crippen molar-refractivity contribution in [1.82, 2.24) is 10.6 Å². The first-order valence-electron chi connectivity index (χ1n) is 9.61. The van der Waals surface area contributed by atoms with E-state index in [0.717, 1.165) is 13.2 Å². The van der Waals surface area contributed by atoms with Crippen LogP contribution in [-0.2, 0) is 14.2 Å². The smallest absolute Gasteiger partial charge is 0.161 e. The highest BCUT2D eigenvalue weighted by atomic mass is 28.2. The maximum Gasteiger partial charge on any atom is 0.161 e. The lowest BCUT2D eigenvalue weighted by Gasteiger charge is -2.46. The quantitative estimate of drug-likeness (QED) is 0.271. The summed E-state index contributed by atoms with van der Waals surface area (Å²) in [6.45, 7) is 18.4. The Balaban J connectivity index is 0.000000754. The lowest BCUT2D eigenvalue weighted by molar-refractivity contribution is -0.287. The fourth-order valence-corrected chi connectivity index (χ4v) is 4.36. The number of rotatable bonds is 10. The molecule has 1 aliphatic heterocycles. The predicted octanol–water partition coefficient (Wildman–Crippen LogP) is 2.79. The zero-order valence-electron chi connectivity index (χ0n) is 17.2. The van der Waals surface area contributed by atoms with Crippen molar-refractivity contribution in [2.75, 3.05) is 26.4 Å². The molecule has 0 bridgehead atoms. The summed E-state index contributed by atoms with van der Waals surface area (Å²) in [5, 5.41) is 7.46. The first-order valence-corrected chi connectivity index (χ1v) is 11.2. The normalized spacial score (nSPS) is 20.1. The SMILES string of the molecule is CCOOCC.CCO[SiH2]CCCNC1CC(C)(C)NC(C)(C)C1. The molecule has 1 aliphatic rings. The van der Waals surface area contributed by atoms with Crippen LogP contribution in [0, 0.1) is 0 Å². The summed E-state index contributed by atoms with van der Waals surface area (Å²) >= 11 is 0. The number of hydrogen-bond acceptors (Lipinski definition) is 5.